The molecule has 1 aromatic heterocycles. The highest BCUT2D eigenvalue weighted by molar-refractivity contribution is 6.58. The first-order valence-electron chi connectivity index (χ1n) is 10.8. The van der Waals surface area contributed by atoms with E-state index < -0.39 is 7.12 Å². The van der Waals surface area contributed by atoms with Gasteiger partial charge in [-0.05, 0) is 11.0 Å². The third-order valence-corrected chi connectivity index (χ3v) is 5.51. The molecule has 4 aromatic carbocycles. The zero-order valence-electron chi connectivity index (χ0n) is 17.8. The fourth-order valence-electron chi connectivity index (χ4n) is 3.92. The van der Waals surface area contributed by atoms with Gasteiger partial charge in [-0.1, -0.05) is 115 Å². The van der Waals surface area contributed by atoms with Crippen molar-refractivity contribution in [2.75, 3.05) is 0 Å². The Hall–Kier alpha value is -4.06. The van der Waals surface area contributed by atoms with E-state index in [0.717, 1.165) is 39.2 Å². The van der Waals surface area contributed by atoms with Crippen LogP contribution in [0.15, 0.2) is 115 Å². The summed E-state index contributed by atoms with van der Waals surface area (Å²) in [7, 11) is -1.56. The van der Waals surface area contributed by atoms with E-state index >= 15 is 0 Å². The summed E-state index contributed by atoms with van der Waals surface area (Å²) in [5.41, 5.74) is 6.70. The van der Waals surface area contributed by atoms with Crippen LogP contribution >= 0.6 is 0 Å². The lowest BCUT2D eigenvalue weighted by Gasteiger charge is -2.17. The molecule has 0 saturated carbocycles. The third kappa shape index (κ3) is 4.33. The van der Waals surface area contributed by atoms with Crippen LogP contribution in [-0.4, -0.2) is 27.1 Å². The first kappa shape index (κ1) is 20.8. The Balaban J connectivity index is 1.85. The van der Waals surface area contributed by atoms with Crippen molar-refractivity contribution >= 4 is 12.6 Å². The van der Waals surface area contributed by atoms with E-state index in [9.17, 15) is 10.0 Å². The maximum absolute atomic E-state index is 9.67. The van der Waals surface area contributed by atoms with Gasteiger partial charge in [0.15, 0.2) is 5.82 Å². The Labute approximate surface area is 193 Å². The maximum Gasteiger partial charge on any atom is 0.488 e. The molecule has 0 unspecified atom stereocenters. The number of hydrogen-bond donors (Lipinski definition) is 2. The number of benzene rings is 4. The largest absolute Gasteiger partial charge is 0.488 e. The van der Waals surface area contributed by atoms with Crippen LogP contribution in [0.25, 0.3) is 45.0 Å². The summed E-state index contributed by atoms with van der Waals surface area (Å²) >= 11 is 0. The molecule has 2 N–H and O–H groups in total. The second-order valence-corrected chi connectivity index (χ2v) is 7.72. The Morgan fingerprint density at radius 3 is 1.42 bits per heavy atom. The second-order valence-electron chi connectivity index (χ2n) is 7.72. The zero-order chi connectivity index (χ0) is 22.6. The van der Waals surface area contributed by atoms with Crippen molar-refractivity contribution in [1.29, 1.82) is 0 Å². The van der Waals surface area contributed by atoms with Gasteiger partial charge in [-0.25, -0.2) is 9.97 Å². The van der Waals surface area contributed by atoms with E-state index in [1.54, 1.807) is 18.2 Å². The van der Waals surface area contributed by atoms with Crippen molar-refractivity contribution in [2.45, 2.75) is 0 Å². The monoisotopic (exact) mass is 428 g/mol. The maximum atomic E-state index is 9.67. The number of nitrogens with zero attached hydrogens (tertiary/aromatic N) is 2. The molecule has 0 fully saturated rings. The Morgan fingerprint density at radius 2 is 0.939 bits per heavy atom. The summed E-state index contributed by atoms with van der Waals surface area (Å²) in [6.45, 7) is 0. The minimum absolute atomic E-state index is 0.394. The van der Waals surface area contributed by atoms with Gasteiger partial charge in [-0.3, -0.25) is 0 Å². The molecule has 5 rings (SSSR count). The lowest BCUT2D eigenvalue weighted by Crippen LogP contribution is -2.29. The van der Waals surface area contributed by atoms with Crippen LogP contribution in [0.3, 0.4) is 0 Å². The van der Waals surface area contributed by atoms with Crippen molar-refractivity contribution in [3.05, 3.63) is 115 Å². The van der Waals surface area contributed by atoms with Crippen LogP contribution in [0.4, 0.5) is 0 Å². The van der Waals surface area contributed by atoms with Gasteiger partial charge in [0.2, 0.25) is 0 Å². The fourth-order valence-corrected chi connectivity index (χ4v) is 3.92. The predicted octanol–water partition coefficient (Wildman–Crippen LogP) is 4.82. The average molecular weight is 428 g/mol. The van der Waals surface area contributed by atoms with Gasteiger partial charge in [0.05, 0.1) is 11.4 Å². The van der Waals surface area contributed by atoms with Crippen molar-refractivity contribution in [3.8, 4) is 45.0 Å². The molecular weight excluding hydrogens is 407 g/mol. The summed E-state index contributed by atoms with van der Waals surface area (Å²) in [5, 5.41) is 19.3. The molecule has 0 atom stereocenters. The quantitative estimate of drug-likeness (QED) is 0.394. The number of aromatic nitrogens is 2. The molecule has 1 heterocycles. The van der Waals surface area contributed by atoms with E-state index in [0.29, 0.717) is 11.3 Å². The molecule has 0 aliphatic heterocycles. The number of hydrogen-bond acceptors (Lipinski definition) is 4. The molecule has 0 saturated heterocycles. The van der Waals surface area contributed by atoms with Crippen molar-refractivity contribution in [2.24, 2.45) is 0 Å². The van der Waals surface area contributed by atoms with E-state index in [-0.39, 0.29) is 0 Å². The Bertz CT molecular complexity index is 1310. The van der Waals surface area contributed by atoms with Crippen LogP contribution in [0.2, 0.25) is 0 Å². The highest BCUT2D eigenvalue weighted by Gasteiger charge is 2.20. The first-order valence-corrected chi connectivity index (χ1v) is 10.8. The minimum Gasteiger partial charge on any atom is -0.423 e. The van der Waals surface area contributed by atoms with Crippen molar-refractivity contribution in [3.63, 3.8) is 0 Å². The Kier molecular flexibility index (Phi) is 5.81. The van der Waals surface area contributed by atoms with Crippen LogP contribution in [-0.2, 0) is 0 Å². The lowest BCUT2D eigenvalue weighted by molar-refractivity contribution is 0.426. The molecule has 0 radical (unpaired) electrons. The molecule has 5 aromatic rings. The van der Waals surface area contributed by atoms with Crippen LogP contribution in [0, 0.1) is 0 Å². The Morgan fingerprint density at radius 1 is 0.485 bits per heavy atom. The third-order valence-electron chi connectivity index (χ3n) is 5.51. The van der Waals surface area contributed by atoms with Gasteiger partial charge in [-0.15, -0.1) is 0 Å². The molecule has 158 valence electrons. The van der Waals surface area contributed by atoms with Gasteiger partial charge in [0.25, 0.3) is 0 Å². The minimum atomic E-state index is -1.56. The van der Waals surface area contributed by atoms with Gasteiger partial charge < -0.3 is 10.0 Å². The fraction of sp³-hybridized carbons (Fsp3) is 0. The van der Waals surface area contributed by atoms with E-state index in [1.807, 2.05) is 84.9 Å². The summed E-state index contributed by atoms with van der Waals surface area (Å²) in [4.78, 5) is 10.0. The zero-order valence-corrected chi connectivity index (χ0v) is 17.8. The highest BCUT2D eigenvalue weighted by Crippen LogP contribution is 2.39. The molecule has 4 nitrogen and oxygen atoms in total. The first-order chi connectivity index (χ1) is 16.2. The van der Waals surface area contributed by atoms with Crippen molar-refractivity contribution < 1.29 is 10.0 Å². The van der Waals surface area contributed by atoms with E-state index in [4.69, 9.17) is 9.97 Å². The molecule has 0 aliphatic carbocycles. The van der Waals surface area contributed by atoms with E-state index in [1.165, 1.54) is 0 Å². The second kappa shape index (κ2) is 9.21. The van der Waals surface area contributed by atoms with Gasteiger partial charge in [-0.2, -0.15) is 0 Å². The lowest BCUT2D eigenvalue weighted by atomic mass is 9.79. The molecular formula is C28H21BN2O2. The van der Waals surface area contributed by atoms with Gasteiger partial charge in [0.1, 0.15) is 0 Å². The molecule has 0 aliphatic rings. The standard InChI is InChI=1S/C28H21BN2O2/c32-29(33)24-18-10-17-23(19-24)28-30-26(21-13-6-2-7-14-21)25(20-11-4-1-5-12-20)27(31-28)22-15-8-3-9-16-22/h1-19,32-33H. The smallest absolute Gasteiger partial charge is 0.423 e. The normalized spacial score (nSPS) is 10.7. The van der Waals surface area contributed by atoms with Crippen molar-refractivity contribution in [1.82, 2.24) is 9.97 Å². The average Bonchev–Trinajstić information content (AvgIpc) is 2.89. The van der Waals surface area contributed by atoms with Gasteiger partial charge in [0, 0.05) is 22.3 Å². The summed E-state index contributed by atoms with van der Waals surface area (Å²) in [6.07, 6.45) is 0. The molecule has 0 bridgehead atoms. The van der Waals surface area contributed by atoms with Crippen LogP contribution in [0.1, 0.15) is 0 Å². The van der Waals surface area contributed by atoms with Crippen LogP contribution in [0.5, 0.6) is 0 Å². The molecule has 0 amide bonds. The van der Waals surface area contributed by atoms with Gasteiger partial charge >= 0.3 is 7.12 Å². The summed E-state index contributed by atoms with van der Waals surface area (Å²) < 4.78 is 0. The summed E-state index contributed by atoms with van der Waals surface area (Å²) in [5.74, 6) is 0.523. The molecule has 5 heteroatoms. The van der Waals surface area contributed by atoms with E-state index in [2.05, 4.69) is 12.1 Å². The molecule has 33 heavy (non-hydrogen) atoms. The predicted molar refractivity (Wildman–Crippen MR) is 134 cm³/mol. The van der Waals surface area contributed by atoms with Crippen LogP contribution < -0.4 is 5.46 Å². The SMILES string of the molecule is OB(O)c1cccc(-c2nc(-c3ccccc3)c(-c3ccccc3)c(-c3ccccc3)n2)c1. The highest BCUT2D eigenvalue weighted by atomic mass is 16.4. The topological polar surface area (TPSA) is 66.2 Å². The molecule has 0 spiro atoms. The summed E-state index contributed by atoms with van der Waals surface area (Å²) in [6, 6.07) is 37.3. The number of rotatable bonds is 5.